The number of nitrogens with one attached hydrogen (secondary N) is 1. The summed E-state index contributed by atoms with van der Waals surface area (Å²) in [6, 6.07) is 17.9. The predicted molar refractivity (Wildman–Crippen MR) is 132 cm³/mol. The van der Waals surface area contributed by atoms with Crippen molar-refractivity contribution in [3.8, 4) is 5.75 Å². The third-order valence-corrected chi connectivity index (χ3v) is 6.19. The Bertz CT molecular complexity index is 1320. The third-order valence-electron chi connectivity index (χ3n) is 6.19. The highest BCUT2D eigenvalue weighted by Gasteiger charge is 2.38. The lowest BCUT2D eigenvalue weighted by Crippen LogP contribution is -2.54. The second-order valence-corrected chi connectivity index (χ2v) is 8.27. The first-order valence-electron chi connectivity index (χ1n) is 11.5. The molecule has 0 atom stereocenters. The predicted octanol–water partition coefficient (Wildman–Crippen LogP) is 4.51. The number of hydrogen-bond acceptors (Lipinski definition) is 5. The quantitative estimate of drug-likeness (QED) is 0.453. The summed E-state index contributed by atoms with van der Waals surface area (Å²) in [7, 11) is 0. The van der Waals surface area contributed by atoms with E-state index >= 15 is 0 Å². The zero-order valence-electron chi connectivity index (χ0n) is 18.9. The Kier molecular flexibility index (Phi) is 5.76. The number of anilines is 2. The van der Waals surface area contributed by atoms with Crippen LogP contribution in [0.4, 0.5) is 16.2 Å². The van der Waals surface area contributed by atoms with Crippen molar-refractivity contribution >= 4 is 46.1 Å². The minimum absolute atomic E-state index is 0.107. The van der Waals surface area contributed by atoms with Crippen LogP contribution in [0.25, 0.3) is 16.8 Å². The van der Waals surface area contributed by atoms with Gasteiger partial charge in [-0.1, -0.05) is 42.5 Å². The molecule has 5 rings (SSSR count). The Balaban J connectivity index is 1.58. The number of benzene rings is 3. The Morgan fingerprint density at radius 1 is 0.882 bits per heavy atom. The van der Waals surface area contributed by atoms with Gasteiger partial charge >= 0.3 is 6.03 Å². The molecule has 0 aliphatic carbocycles. The Morgan fingerprint density at radius 3 is 2.35 bits per heavy atom. The van der Waals surface area contributed by atoms with Crippen LogP contribution >= 0.6 is 0 Å². The lowest BCUT2D eigenvalue weighted by atomic mass is 9.99. The van der Waals surface area contributed by atoms with E-state index in [4.69, 9.17) is 4.74 Å². The molecule has 2 saturated heterocycles. The molecule has 0 spiro atoms. The van der Waals surface area contributed by atoms with Gasteiger partial charge in [-0.05, 0) is 55.0 Å². The Labute approximate surface area is 197 Å². The van der Waals surface area contributed by atoms with Crippen molar-refractivity contribution in [1.29, 1.82) is 0 Å². The maximum Gasteiger partial charge on any atom is 0.336 e. The molecule has 7 heteroatoms. The Hall–Kier alpha value is -4.13. The van der Waals surface area contributed by atoms with Crippen LogP contribution in [0.5, 0.6) is 5.75 Å². The highest BCUT2D eigenvalue weighted by Crippen LogP contribution is 2.34. The van der Waals surface area contributed by atoms with E-state index < -0.39 is 17.8 Å². The van der Waals surface area contributed by atoms with Gasteiger partial charge in [0.1, 0.15) is 11.3 Å². The minimum atomic E-state index is -0.798. The van der Waals surface area contributed by atoms with E-state index in [2.05, 4.69) is 16.3 Å². The molecule has 2 fully saturated rings. The summed E-state index contributed by atoms with van der Waals surface area (Å²) < 4.78 is 5.60. The molecule has 0 saturated carbocycles. The molecule has 34 heavy (non-hydrogen) atoms. The fourth-order valence-electron chi connectivity index (χ4n) is 4.62. The van der Waals surface area contributed by atoms with Crippen LogP contribution in [0.15, 0.2) is 66.2 Å². The topological polar surface area (TPSA) is 79.0 Å². The largest absolute Gasteiger partial charge is 0.492 e. The second-order valence-electron chi connectivity index (χ2n) is 8.27. The summed E-state index contributed by atoms with van der Waals surface area (Å²) in [4.78, 5) is 42.1. The van der Waals surface area contributed by atoms with Crippen LogP contribution in [0.3, 0.4) is 0 Å². The zero-order chi connectivity index (χ0) is 23.7. The second kappa shape index (κ2) is 9.02. The molecule has 3 aromatic rings. The molecule has 0 unspecified atom stereocenters. The molecule has 172 valence electrons. The average molecular weight is 456 g/mol. The summed E-state index contributed by atoms with van der Waals surface area (Å²) >= 11 is 0. The van der Waals surface area contributed by atoms with Gasteiger partial charge in [-0.25, -0.2) is 9.69 Å². The van der Waals surface area contributed by atoms with Crippen molar-refractivity contribution in [2.24, 2.45) is 0 Å². The van der Waals surface area contributed by atoms with Crippen LogP contribution in [-0.4, -0.2) is 37.5 Å². The first-order chi connectivity index (χ1) is 16.6. The van der Waals surface area contributed by atoms with Crippen LogP contribution in [0.1, 0.15) is 25.3 Å². The molecule has 2 aliphatic heterocycles. The number of fused-ring (bicyclic) bond motifs is 1. The maximum absolute atomic E-state index is 13.4. The number of carbonyl (C=O) groups is 3. The SMILES string of the molecule is CCOc1ccccc1N1C(=O)NC(=O)/C(=C\c2ccc(N3CCCC3)c3ccccc23)C1=O. The minimum Gasteiger partial charge on any atom is -0.492 e. The van der Waals surface area contributed by atoms with Crippen molar-refractivity contribution in [3.63, 3.8) is 0 Å². The fraction of sp³-hybridized carbons (Fsp3) is 0.222. The first kappa shape index (κ1) is 21.7. The van der Waals surface area contributed by atoms with Crippen molar-refractivity contribution in [2.45, 2.75) is 19.8 Å². The van der Waals surface area contributed by atoms with E-state index in [0.717, 1.165) is 40.0 Å². The molecule has 2 heterocycles. The van der Waals surface area contributed by atoms with E-state index in [1.807, 2.05) is 37.3 Å². The Morgan fingerprint density at radius 2 is 1.59 bits per heavy atom. The standard InChI is InChI=1S/C27H25N3O4/c1-2-34-24-12-6-5-11-23(24)30-26(32)21(25(31)28-27(30)33)17-18-13-14-22(29-15-7-8-16-29)20-10-4-3-9-19(18)20/h3-6,9-14,17H,2,7-8,15-16H2,1H3,(H,28,31,33)/b21-17+. The van der Waals surface area contributed by atoms with Gasteiger partial charge < -0.3 is 9.64 Å². The summed E-state index contributed by atoms with van der Waals surface area (Å²) in [6.07, 6.45) is 3.90. The number of para-hydroxylation sites is 2. The van der Waals surface area contributed by atoms with Gasteiger partial charge in [-0.2, -0.15) is 0 Å². The molecule has 7 nitrogen and oxygen atoms in total. The van der Waals surface area contributed by atoms with Crippen molar-refractivity contribution in [3.05, 3.63) is 71.8 Å². The van der Waals surface area contributed by atoms with Crippen molar-refractivity contribution in [1.82, 2.24) is 5.32 Å². The van der Waals surface area contributed by atoms with Crippen LogP contribution in [-0.2, 0) is 9.59 Å². The van der Waals surface area contributed by atoms with E-state index in [0.29, 0.717) is 18.0 Å². The smallest absolute Gasteiger partial charge is 0.336 e. The molecule has 2 aliphatic rings. The van der Waals surface area contributed by atoms with Crippen molar-refractivity contribution < 1.29 is 19.1 Å². The van der Waals surface area contributed by atoms with Crippen LogP contribution in [0.2, 0.25) is 0 Å². The molecule has 4 amide bonds. The van der Waals surface area contributed by atoms with Crippen LogP contribution < -0.4 is 19.9 Å². The molecular weight excluding hydrogens is 430 g/mol. The van der Waals surface area contributed by atoms with Gasteiger partial charge in [-0.3, -0.25) is 14.9 Å². The summed E-state index contributed by atoms with van der Waals surface area (Å²) in [5.74, 6) is -1.01. The first-order valence-corrected chi connectivity index (χ1v) is 11.5. The number of amides is 4. The van der Waals surface area contributed by atoms with E-state index in [-0.39, 0.29) is 5.57 Å². The monoisotopic (exact) mass is 455 g/mol. The molecule has 0 aromatic heterocycles. The number of barbiturate groups is 1. The number of nitrogens with zero attached hydrogens (tertiary/aromatic N) is 2. The molecule has 0 bridgehead atoms. The maximum atomic E-state index is 13.4. The molecule has 1 N–H and O–H groups in total. The van der Waals surface area contributed by atoms with Gasteiger partial charge in [0.25, 0.3) is 11.8 Å². The van der Waals surface area contributed by atoms with E-state index in [9.17, 15) is 14.4 Å². The van der Waals surface area contributed by atoms with Gasteiger partial charge in [0, 0.05) is 24.2 Å². The van der Waals surface area contributed by atoms with Crippen molar-refractivity contribution in [2.75, 3.05) is 29.5 Å². The number of ether oxygens (including phenoxy) is 1. The highest BCUT2D eigenvalue weighted by molar-refractivity contribution is 6.39. The normalized spacial score (nSPS) is 17.6. The van der Waals surface area contributed by atoms with E-state index in [1.165, 1.54) is 12.8 Å². The average Bonchev–Trinajstić information content (AvgIpc) is 3.37. The lowest BCUT2D eigenvalue weighted by Gasteiger charge is -2.27. The van der Waals surface area contributed by atoms with E-state index in [1.54, 1.807) is 30.3 Å². The molecule has 0 radical (unpaired) electrons. The zero-order valence-corrected chi connectivity index (χ0v) is 18.9. The fourth-order valence-corrected chi connectivity index (χ4v) is 4.62. The summed E-state index contributed by atoms with van der Waals surface area (Å²) in [5.41, 5.74) is 2.08. The van der Waals surface area contributed by atoms with Crippen LogP contribution in [0, 0.1) is 0 Å². The number of hydrogen-bond donors (Lipinski definition) is 1. The molecular formula is C27H25N3O4. The summed E-state index contributed by atoms with van der Waals surface area (Å²) in [6.45, 7) is 4.22. The third kappa shape index (κ3) is 3.79. The molecule has 3 aromatic carbocycles. The lowest BCUT2D eigenvalue weighted by molar-refractivity contribution is -0.122. The highest BCUT2D eigenvalue weighted by atomic mass is 16.5. The number of urea groups is 1. The number of rotatable bonds is 5. The van der Waals surface area contributed by atoms with Gasteiger partial charge in [0.05, 0.1) is 12.3 Å². The number of carbonyl (C=O) groups excluding carboxylic acids is 3. The van der Waals surface area contributed by atoms with Gasteiger partial charge in [0.2, 0.25) is 0 Å². The van der Waals surface area contributed by atoms with Gasteiger partial charge in [0.15, 0.2) is 0 Å². The number of imide groups is 2. The van der Waals surface area contributed by atoms with Gasteiger partial charge in [-0.15, -0.1) is 0 Å². The summed E-state index contributed by atoms with van der Waals surface area (Å²) in [5, 5.41) is 4.31.